The van der Waals surface area contributed by atoms with Crippen molar-refractivity contribution >= 4 is 50.8 Å². The smallest absolute Gasteiger partial charge is 0.229 e. The summed E-state index contributed by atoms with van der Waals surface area (Å²) in [6, 6.07) is 7.03. The van der Waals surface area contributed by atoms with Gasteiger partial charge < -0.3 is 31.5 Å². The fourth-order valence-corrected chi connectivity index (χ4v) is 2.79. The molecule has 10 nitrogen and oxygen atoms in total. The molecule has 32 heavy (non-hydrogen) atoms. The van der Waals surface area contributed by atoms with Gasteiger partial charge in [0.1, 0.15) is 5.82 Å². The zero-order chi connectivity index (χ0) is 23.1. The van der Waals surface area contributed by atoms with Gasteiger partial charge in [0.05, 0.1) is 29.4 Å². The Morgan fingerprint density at radius 3 is 2.09 bits per heavy atom. The Labute approximate surface area is 192 Å². The van der Waals surface area contributed by atoms with Crippen LogP contribution in [0, 0.1) is 5.82 Å². The zero-order valence-corrected chi connectivity index (χ0v) is 19.1. The van der Waals surface area contributed by atoms with Gasteiger partial charge in [0.15, 0.2) is 11.6 Å². The number of hydrogen-bond donors (Lipinski definition) is 6. The van der Waals surface area contributed by atoms with Crippen LogP contribution in [-0.4, -0.2) is 55.4 Å². The zero-order valence-electron chi connectivity index (χ0n) is 17.5. The van der Waals surface area contributed by atoms with Crippen molar-refractivity contribution in [3.05, 3.63) is 46.9 Å². The van der Waals surface area contributed by atoms with Crippen molar-refractivity contribution < 1.29 is 14.6 Å². The molecule has 0 saturated carbocycles. The number of halogens is 2. The van der Waals surface area contributed by atoms with Gasteiger partial charge in [0.2, 0.25) is 11.9 Å². The normalized spacial score (nSPS) is 12.7. The van der Waals surface area contributed by atoms with Gasteiger partial charge in [-0.1, -0.05) is 0 Å². The van der Waals surface area contributed by atoms with E-state index in [1.165, 1.54) is 0 Å². The van der Waals surface area contributed by atoms with Gasteiger partial charge in [-0.15, -0.1) is 0 Å². The number of nitrogens with one attached hydrogen (secondary N) is 4. The Hall–Kier alpha value is -3.09. The molecule has 0 saturated heterocycles. The fraction of sp³-hybridized carbons (Fsp3) is 0.300. The number of aliphatic hydroxyl groups is 2. The third-order valence-corrected chi connectivity index (χ3v) is 4.96. The summed E-state index contributed by atoms with van der Waals surface area (Å²) >= 11 is 3.40. The molecule has 0 fully saturated rings. The molecule has 1 aromatic carbocycles. The van der Waals surface area contributed by atoms with Crippen molar-refractivity contribution in [2.75, 3.05) is 34.4 Å². The van der Waals surface area contributed by atoms with Gasteiger partial charge in [0, 0.05) is 24.1 Å². The summed E-state index contributed by atoms with van der Waals surface area (Å²) in [6.07, 6.45) is 2.14. The molecular formula is C20H24BrFN8O2. The number of aromatic nitrogens is 4. The van der Waals surface area contributed by atoms with Gasteiger partial charge in [-0.05, 0) is 54.0 Å². The van der Waals surface area contributed by atoms with Gasteiger partial charge in [-0.3, -0.25) is 0 Å². The van der Waals surface area contributed by atoms with E-state index in [2.05, 4.69) is 57.1 Å². The van der Waals surface area contributed by atoms with E-state index in [0.29, 0.717) is 21.9 Å². The van der Waals surface area contributed by atoms with Crippen LogP contribution in [0.15, 0.2) is 41.1 Å². The van der Waals surface area contributed by atoms with E-state index in [0.717, 1.165) is 11.9 Å². The molecule has 2 atom stereocenters. The quantitative estimate of drug-likeness (QED) is 0.242. The number of rotatable bonds is 10. The van der Waals surface area contributed by atoms with Crippen molar-refractivity contribution in [1.82, 2.24) is 19.9 Å². The van der Waals surface area contributed by atoms with Gasteiger partial charge in [0.25, 0.3) is 0 Å². The molecule has 3 rings (SSSR count). The molecule has 3 aromatic rings. The minimum Gasteiger partial charge on any atom is -0.395 e. The van der Waals surface area contributed by atoms with E-state index < -0.39 is 11.9 Å². The average molecular weight is 507 g/mol. The number of nitrogens with zero attached hydrogens (tertiary/aromatic N) is 4. The van der Waals surface area contributed by atoms with E-state index in [1.807, 2.05) is 19.1 Å². The Morgan fingerprint density at radius 1 is 0.969 bits per heavy atom. The van der Waals surface area contributed by atoms with E-state index in [1.54, 1.807) is 25.3 Å². The first-order chi connectivity index (χ1) is 15.4. The van der Waals surface area contributed by atoms with Crippen molar-refractivity contribution in [2.45, 2.75) is 26.0 Å². The van der Waals surface area contributed by atoms with Gasteiger partial charge in [-0.25, -0.2) is 14.4 Å². The Morgan fingerprint density at radius 2 is 1.53 bits per heavy atom. The van der Waals surface area contributed by atoms with Gasteiger partial charge in [-0.2, -0.15) is 9.97 Å². The molecule has 2 heterocycles. The molecule has 0 unspecified atom stereocenters. The van der Waals surface area contributed by atoms with Crippen LogP contribution in [0.3, 0.4) is 0 Å². The van der Waals surface area contributed by atoms with E-state index in [4.69, 9.17) is 5.11 Å². The Kier molecular flexibility index (Phi) is 8.09. The molecule has 0 bridgehead atoms. The van der Waals surface area contributed by atoms with Crippen LogP contribution in [0.25, 0.3) is 0 Å². The highest BCUT2D eigenvalue weighted by atomic mass is 79.9. The number of aliphatic hydroxyl groups excluding tert-OH is 2. The molecule has 0 radical (unpaired) electrons. The highest BCUT2D eigenvalue weighted by molar-refractivity contribution is 9.10. The molecule has 12 heteroatoms. The molecule has 0 spiro atoms. The predicted molar refractivity (Wildman–Crippen MR) is 125 cm³/mol. The lowest BCUT2D eigenvalue weighted by atomic mass is 10.2. The third-order valence-electron chi connectivity index (χ3n) is 4.38. The van der Waals surface area contributed by atoms with Crippen LogP contribution in [0.2, 0.25) is 0 Å². The summed E-state index contributed by atoms with van der Waals surface area (Å²) in [7, 11) is 0. The lowest BCUT2D eigenvalue weighted by Gasteiger charge is -2.18. The monoisotopic (exact) mass is 506 g/mol. The van der Waals surface area contributed by atoms with E-state index in [-0.39, 0.29) is 31.0 Å². The van der Waals surface area contributed by atoms with E-state index in [9.17, 15) is 9.50 Å². The van der Waals surface area contributed by atoms with Crippen molar-refractivity contribution in [2.24, 2.45) is 0 Å². The van der Waals surface area contributed by atoms with Crippen molar-refractivity contribution in [1.29, 1.82) is 0 Å². The summed E-state index contributed by atoms with van der Waals surface area (Å²) in [5.41, 5.74) is 1.44. The van der Waals surface area contributed by atoms with E-state index >= 15 is 0 Å². The van der Waals surface area contributed by atoms with Crippen LogP contribution >= 0.6 is 15.9 Å². The maximum Gasteiger partial charge on any atom is 0.229 e. The second-order valence-corrected chi connectivity index (χ2v) is 7.79. The van der Waals surface area contributed by atoms with Crippen molar-refractivity contribution in [3.8, 4) is 0 Å². The first-order valence-corrected chi connectivity index (χ1v) is 10.6. The predicted octanol–water partition coefficient (Wildman–Crippen LogP) is 3.24. The third kappa shape index (κ3) is 6.45. The second-order valence-electron chi connectivity index (χ2n) is 6.93. The summed E-state index contributed by atoms with van der Waals surface area (Å²) in [5.74, 6) is 0.571. The molecule has 170 valence electrons. The maximum atomic E-state index is 13.7. The molecule has 6 N–H and O–H groups in total. The number of benzene rings is 1. The SMILES string of the molecule is C[C@@H](O)[C@@H](C)Nc1nc(Nc2ccc(Nc3ncc(F)c(NCCO)n3)cc2)ncc1Br. The van der Waals surface area contributed by atoms with Gasteiger partial charge >= 0.3 is 0 Å². The minimum absolute atomic E-state index is 0.0107. The molecule has 0 aliphatic heterocycles. The first kappa shape index (κ1) is 23.6. The lowest BCUT2D eigenvalue weighted by molar-refractivity contribution is 0.177. The molecule has 0 aliphatic carbocycles. The lowest BCUT2D eigenvalue weighted by Crippen LogP contribution is -2.28. The summed E-state index contributed by atoms with van der Waals surface area (Å²) < 4.78 is 14.4. The summed E-state index contributed by atoms with van der Waals surface area (Å²) in [4.78, 5) is 16.7. The average Bonchev–Trinajstić information content (AvgIpc) is 2.77. The van der Waals surface area contributed by atoms with Crippen molar-refractivity contribution in [3.63, 3.8) is 0 Å². The topological polar surface area (TPSA) is 140 Å². The summed E-state index contributed by atoms with van der Waals surface area (Å²) in [5, 5.41) is 30.5. The largest absolute Gasteiger partial charge is 0.395 e. The molecule has 2 aromatic heterocycles. The summed E-state index contributed by atoms with van der Waals surface area (Å²) in [6.45, 7) is 3.60. The Bertz CT molecular complexity index is 1040. The maximum absolute atomic E-state index is 13.7. The van der Waals surface area contributed by atoms with Crippen LogP contribution in [0.1, 0.15) is 13.8 Å². The first-order valence-electron chi connectivity index (χ1n) is 9.84. The van der Waals surface area contributed by atoms with Crippen LogP contribution in [-0.2, 0) is 0 Å². The molecule has 0 aliphatic rings. The Balaban J connectivity index is 1.66. The van der Waals surface area contributed by atoms with Crippen LogP contribution < -0.4 is 21.3 Å². The number of anilines is 6. The highest BCUT2D eigenvalue weighted by Gasteiger charge is 2.13. The standard InChI is InChI=1S/C20H24BrFN8O2/c1-11(12(2)32)26-17-15(21)9-24-19(29-17)27-13-3-5-14(6-4-13)28-20-25-10-16(22)18(30-20)23-7-8-31/h3-6,9-12,31-32H,7-8H2,1-2H3,(H2,23,25,28,30)(H2,24,26,27,29)/t11-,12-/m1/s1. The van der Waals surface area contributed by atoms with Crippen LogP contribution in [0.4, 0.5) is 39.3 Å². The fourth-order valence-electron chi connectivity index (χ4n) is 2.49. The molecular weight excluding hydrogens is 483 g/mol. The molecule has 0 amide bonds. The second kappa shape index (κ2) is 11.0. The minimum atomic E-state index is -0.602. The highest BCUT2D eigenvalue weighted by Crippen LogP contribution is 2.24. The van der Waals surface area contributed by atoms with Crippen LogP contribution in [0.5, 0.6) is 0 Å². The number of hydrogen-bond acceptors (Lipinski definition) is 10.